The van der Waals surface area contributed by atoms with Crippen LogP contribution in [0.25, 0.3) is 22.5 Å². The first-order chi connectivity index (χ1) is 16.9. The third-order valence-corrected chi connectivity index (χ3v) is 10.9. The maximum absolute atomic E-state index is 13.0. The quantitative estimate of drug-likeness (QED) is 0.519. The Labute approximate surface area is 208 Å². The van der Waals surface area contributed by atoms with Crippen molar-refractivity contribution in [2.45, 2.75) is 24.3 Å². The summed E-state index contributed by atoms with van der Waals surface area (Å²) in [6.07, 6.45) is 13.7. The van der Waals surface area contributed by atoms with Gasteiger partial charge in [-0.05, 0) is 31.0 Å². The van der Waals surface area contributed by atoms with Crippen LogP contribution in [0.4, 0.5) is 5.82 Å². The van der Waals surface area contributed by atoms with E-state index in [2.05, 4.69) is 26.8 Å². The molecule has 184 valence electrons. The van der Waals surface area contributed by atoms with Gasteiger partial charge in [-0.1, -0.05) is 24.8 Å². The summed E-state index contributed by atoms with van der Waals surface area (Å²) in [6.45, 7) is 4.90. The fourth-order valence-corrected chi connectivity index (χ4v) is 8.47. The Kier molecular flexibility index (Phi) is 5.71. The van der Waals surface area contributed by atoms with Gasteiger partial charge in [0.05, 0.1) is 28.8 Å². The van der Waals surface area contributed by atoms with Gasteiger partial charge in [-0.2, -0.15) is 5.10 Å². The Bertz CT molecular complexity index is 1450. The first-order valence-corrected chi connectivity index (χ1v) is 14.2. The molecule has 35 heavy (non-hydrogen) atoms. The maximum atomic E-state index is 13.0. The Morgan fingerprint density at radius 2 is 2.09 bits per heavy atom. The van der Waals surface area contributed by atoms with Crippen molar-refractivity contribution >= 4 is 38.8 Å². The van der Waals surface area contributed by atoms with Crippen molar-refractivity contribution in [2.75, 3.05) is 31.5 Å². The highest BCUT2D eigenvalue weighted by Crippen LogP contribution is 2.42. The summed E-state index contributed by atoms with van der Waals surface area (Å²) in [5.74, 6) is 0.500. The monoisotopic (exact) mass is 512 g/mol. The lowest BCUT2D eigenvalue weighted by Gasteiger charge is -2.33. The molecule has 2 atom stereocenters. The number of sulfonamides is 1. The molecule has 0 aromatic carbocycles. The van der Waals surface area contributed by atoms with Crippen molar-refractivity contribution < 1.29 is 8.42 Å². The minimum absolute atomic E-state index is 0.108. The van der Waals surface area contributed by atoms with Crippen molar-refractivity contribution in [3.63, 3.8) is 0 Å². The molecule has 6 heterocycles. The number of allylic oxidation sites excluding steroid dienone is 1. The fourth-order valence-electron chi connectivity index (χ4n) is 4.63. The summed E-state index contributed by atoms with van der Waals surface area (Å²) in [6, 6.07) is 0. The van der Waals surface area contributed by atoms with Gasteiger partial charge in [0.25, 0.3) is 0 Å². The number of hydrogen-bond acceptors (Lipinski definition) is 8. The Morgan fingerprint density at radius 3 is 2.77 bits per heavy atom. The van der Waals surface area contributed by atoms with Crippen LogP contribution in [0.2, 0.25) is 0 Å². The summed E-state index contributed by atoms with van der Waals surface area (Å²) in [5.41, 5.74) is 4.55. The topological polar surface area (TPSA) is 109 Å². The molecule has 2 unspecified atom stereocenters. The lowest BCUT2D eigenvalue weighted by atomic mass is 10.1. The molecule has 6 rings (SSSR count). The van der Waals surface area contributed by atoms with Crippen molar-refractivity contribution in [1.29, 1.82) is 0 Å². The van der Waals surface area contributed by atoms with E-state index in [1.54, 1.807) is 8.99 Å². The zero-order chi connectivity index (χ0) is 24.2. The number of fused-ring (bicyclic) bond motifs is 1. The Morgan fingerprint density at radius 1 is 1.23 bits per heavy atom. The van der Waals surface area contributed by atoms with E-state index >= 15 is 0 Å². The first kappa shape index (κ1) is 22.8. The molecular formula is C23H28N8O2S2. The molecule has 12 heteroatoms. The van der Waals surface area contributed by atoms with Crippen LogP contribution in [-0.2, 0) is 17.1 Å². The van der Waals surface area contributed by atoms with E-state index in [1.807, 2.05) is 49.2 Å². The van der Waals surface area contributed by atoms with Crippen LogP contribution in [0.3, 0.4) is 0 Å². The highest BCUT2D eigenvalue weighted by Gasteiger charge is 2.42. The van der Waals surface area contributed by atoms with Gasteiger partial charge in [-0.15, -0.1) is 0 Å². The molecule has 1 saturated heterocycles. The fraction of sp³-hybridized carbons (Fsp3) is 0.435. The number of rotatable bonds is 6. The van der Waals surface area contributed by atoms with Gasteiger partial charge in [0.15, 0.2) is 11.5 Å². The third-order valence-electron chi connectivity index (χ3n) is 6.65. The van der Waals surface area contributed by atoms with Crippen LogP contribution in [-0.4, -0.2) is 67.6 Å². The molecule has 10 nitrogen and oxygen atoms in total. The average Bonchev–Trinajstić information content (AvgIpc) is 3.51. The first-order valence-electron chi connectivity index (χ1n) is 11.8. The van der Waals surface area contributed by atoms with Crippen molar-refractivity contribution in [3.05, 3.63) is 47.7 Å². The molecule has 0 saturated carbocycles. The minimum Gasteiger partial charge on any atom is -0.332 e. The number of anilines is 1. The van der Waals surface area contributed by atoms with Crippen LogP contribution in [0.1, 0.15) is 25.5 Å². The second-order valence-corrected chi connectivity index (χ2v) is 12.7. The molecule has 0 aliphatic carbocycles. The third kappa shape index (κ3) is 4.07. The Hall–Kier alpha value is -2.67. The standard InChI is InChI=1S/C23H28N8O2S2/c1-15-9-20(34-23(15)35(32,33)30-7-4-8-30)28-21-22-25-12-19(17-11-26-29(2)13-17)31(22)14-18(27-21)16-5-3-6-24-10-16/h5,9,11-15,23-24H,3-4,6-8,10H2,1-2H3,(H,27,28). The number of thioether (sulfide) groups is 1. The summed E-state index contributed by atoms with van der Waals surface area (Å²) in [4.78, 5) is 9.61. The molecule has 2 N–H and O–H groups in total. The predicted octanol–water partition coefficient (Wildman–Crippen LogP) is 2.50. The number of nitrogens with zero attached hydrogens (tertiary/aromatic N) is 6. The normalized spacial score (nSPS) is 23.3. The SMILES string of the molecule is CC1C=C(Nc2nc(C3=CCCNC3)cn3c(-c4cnn(C)c4)cnc23)SC1S(=O)(=O)N1CCC1. The second-order valence-electron chi connectivity index (χ2n) is 9.21. The molecule has 0 spiro atoms. The smallest absolute Gasteiger partial charge is 0.227 e. The maximum Gasteiger partial charge on any atom is 0.227 e. The van der Waals surface area contributed by atoms with Crippen molar-refractivity contribution in [2.24, 2.45) is 13.0 Å². The van der Waals surface area contributed by atoms with Gasteiger partial charge in [-0.3, -0.25) is 9.08 Å². The molecule has 1 fully saturated rings. The summed E-state index contributed by atoms with van der Waals surface area (Å²) < 4.78 is 31.0. The molecule has 3 aromatic heterocycles. The van der Waals surface area contributed by atoms with Gasteiger partial charge in [0.1, 0.15) is 4.58 Å². The van der Waals surface area contributed by atoms with Crippen molar-refractivity contribution in [3.8, 4) is 11.3 Å². The van der Waals surface area contributed by atoms with Crippen LogP contribution < -0.4 is 10.6 Å². The number of nitrogens with one attached hydrogen (secondary N) is 2. The molecule has 0 amide bonds. The van der Waals surface area contributed by atoms with E-state index < -0.39 is 14.6 Å². The molecule has 3 aliphatic rings. The van der Waals surface area contributed by atoms with Crippen molar-refractivity contribution in [1.82, 2.24) is 33.8 Å². The van der Waals surface area contributed by atoms with E-state index in [-0.39, 0.29) is 5.92 Å². The molecule has 0 bridgehead atoms. The second kappa shape index (κ2) is 8.77. The van der Waals surface area contributed by atoms with Gasteiger partial charge in [0, 0.05) is 50.6 Å². The number of aromatic nitrogens is 5. The molecule has 3 aromatic rings. The van der Waals surface area contributed by atoms with E-state index in [1.165, 1.54) is 11.8 Å². The highest BCUT2D eigenvalue weighted by molar-refractivity contribution is 8.15. The number of aryl methyl sites for hydroxylation is 1. The average molecular weight is 513 g/mol. The number of imidazole rings is 1. The summed E-state index contributed by atoms with van der Waals surface area (Å²) in [5, 5.41) is 11.9. The van der Waals surface area contributed by atoms with Crippen LogP contribution in [0, 0.1) is 5.92 Å². The molecular weight excluding hydrogens is 484 g/mol. The molecule has 3 aliphatic heterocycles. The predicted molar refractivity (Wildman–Crippen MR) is 138 cm³/mol. The van der Waals surface area contributed by atoms with Gasteiger partial charge in [-0.25, -0.2) is 22.7 Å². The van der Waals surface area contributed by atoms with E-state index in [0.29, 0.717) is 24.6 Å². The summed E-state index contributed by atoms with van der Waals surface area (Å²) in [7, 11) is -1.45. The highest BCUT2D eigenvalue weighted by atomic mass is 32.3. The van der Waals surface area contributed by atoms with Crippen LogP contribution >= 0.6 is 11.8 Å². The zero-order valence-electron chi connectivity index (χ0n) is 19.7. The Balaban J connectivity index is 1.37. The van der Waals surface area contributed by atoms with E-state index in [9.17, 15) is 8.42 Å². The zero-order valence-corrected chi connectivity index (χ0v) is 21.3. The van der Waals surface area contributed by atoms with Gasteiger partial charge >= 0.3 is 0 Å². The van der Waals surface area contributed by atoms with E-state index in [0.717, 1.165) is 53.5 Å². The number of hydrogen-bond donors (Lipinski definition) is 2. The van der Waals surface area contributed by atoms with Crippen LogP contribution in [0.5, 0.6) is 0 Å². The molecule has 0 radical (unpaired) electrons. The minimum atomic E-state index is -3.34. The van der Waals surface area contributed by atoms with E-state index in [4.69, 9.17) is 4.98 Å². The summed E-state index contributed by atoms with van der Waals surface area (Å²) >= 11 is 1.36. The lowest BCUT2D eigenvalue weighted by Crippen LogP contribution is -2.46. The van der Waals surface area contributed by atoms with Crippen LogP contribution in [0.15, 0.2) is 42.0 Å². The van der Waals surface area contributed by atoms with Gasteiger partial charge < -0.3 is 10.6 Å². The largest absolute Gasteiger partial charge is 0.332 e. The van der Waals surface area contributed by atoms with Gasteiger partial charge in [0.2, 0.25) is 10.0 Å². The lowest BCUT2D eigenvalue weighted by molar-refractivity contribution is 0.307.